The van der Waals surface area contributed by atoms with Gasteiger partial charge in [-0.15, -0.1) is 0 Å². The van der Waals surface area contributed by atoms with Crippen molar-refractivity contribution in [1.29, 1.82) is 0 Å². The monoisotopic (exact) mass is 294 g/mol. The number of hydrogen-bond donors (Lipinski definition) is 0. The molecule has 0 bridgehead atoms. The van der Waals surface area contributed by atoms with Crippen LogP contribution < -0.4 is 0 Å². The van der Waals surface area contributed by atoms with Gasteiger partial charge in [0.05, 0.1) is 0 Å². The minimum atomic E-state index is -0.257. The molecule has 2 amide bonds. The quantitative estimate of drug-likeness (QED) is 0.633. The van der Waals surface area contributed by atoms with E-state index in [1.165, 1.54) is 11.0 Å². The third kappa shape index (κ3) is 3.18. The molecule has 1 saturated heterocycles. The molecule has 4 nitrogen and oxygen atoms in total. The van der Waals surface area contributed by atoms with Crippen LogP contribution >= 0.6 is 11.6 Å². The Morgan fingerprint density at radius 3 is 2.80 bits per heavy atom. The molecule has 1 unspecified atom stereocenters. The van der Waals surface area contributed by atoms with Crippen molar-refractivity contribution in [1.82, 2.24) is 9.88 Å². The first-order chi connectivity index (χ1) is 9.55. The number of carbonyl (C=O) groups is 2. The van der Waals surface area contributed by atoms with Crippen LogP contribution in [0.1, 0.15) is 49.2 Å². The van der Waals surface area contributed by atoms with E-state index in [1.807, 2.05) is 13.8 Å². The first-order valence-electron chi connectivity index (χ1n) is 7.06. The number of carbonyl (C=O) groups excluding carboxylic acids is 2. The molecule has 1 aromatic heterocycles. The predicted molar refractivity (Wildman–Crippen MR) is 77.7 cm³/mol. The average molecular weight is 295 g/mol. The number of imide groups is 1. The van der Waals surface area contributed by atoms with Crippen molar-refractivity contribution in [2.75, 3.05) is 6.54 Å². The molecule has 0 aromatic carbocycles. The number of amides is 2. The molecule has 1 aliphatic rings. The zero-order valence-corrected chi connectivity index (χ0v) is 12.6. The van der Waals surface area contributed by atoms with Gasteiger partial charge in [0.2, 0.25) is 5.91 Å². The van der Waals surface area contributed by atoms with Gasteiger partial charge in [-0.2, -0.15) is 0 Å². The van der Waals surface area contributed by atoms with E-state index < -0.39 is 0 Å². The van der Waals surface area contributed by atoms with Gasteiger partial charge in [-0.05, 0) is 24.5 Å². The second-order valence-corrected chi connectivity index (χ2v) is 5.60. The molecule has 0 N–H and O–H groups in total. The van der Waals surface area contributed by atoms with Crippen molar-refractivity contribution < 1.29 is 9.59 Å². The van der Waals surface area contributed by atoms with Gasteiger partial charge < -0.3 is 0 Å². The van der Waals surface area contributed by atoms with Crippen LogP contribution in [0, 0.1) is 5.92 Å². The maximum Gasteiger partial charge on any atom is 0.260 e. The third-order valence-corrected chi connectivity index (χ3v) is 3.82. The predicted octanol–water partition coefficient (Wildman–Crippen LogP) is 3.09. The van der Waals surface area contributed by atoms with E-state index >= 15 is 0 Å². The normalized spacial score (nSPS) is 18.6. The number of likely N-dealkylation sites (tertiary alicyclic amines) is 1. The second-order valence-electron chi connectivity index (χ2n) is 5.21. The molecule has 1 fully saturated rings. The summed E-state index contributed by atoms with van der Waals surface area (Å²) in [6, 6.07) is 3.28. The van der Waals surface area contributed by atoms with Crippen LogP contribution in [0.25, 0.3) is 0 Å². The van der Waals surface area contributed by atoms with E-state index in [-0.39, 0.29) is 17.7 Å². The Balaban J connectivity index is 2.23. The molecule has 1 aliphatic heterocycles. The molecule has 0 saturated carbocycles. The largest absolute Gasteiger partial charge is 0.278 e. The van der Waals surface area contributed by atoms with Gasteiger partial charge in [-0.3, -0.25) is 14.5 Å². The third-order valence-electron chi connectivity index (χ3n) is 3.63. The zero-order valence-electron chi connectivity index (χ0n) is 11.9. The summed E-state index contributed by atoms with van der Waals surface area (Å²) < 4.78 is 0. The maximum atomic E-state index is 12.4. The standard InChI is InChI=1S/C15H19ClN2O2/c1-3-5-12-7-11(8-13(16)17-12)15(20)18-9-10(4-2)6-14(18)19/h7-8,10H,3-6,9H2,1-2H3. The van der Waals surface area contributed by atoms with E-state index in [9.17, 15) is 9.59 Å². The van der Waals surface area contributed by atoms with E-state index in [0.717, 1.165) is 25.0 Å². The van der Waals surface area contributed by atoms with Crippen molar-refractivity contribution in [3.63, 3.8) is 0 Å². The Morgan fingerprint density at radius 1 is 1.45 bits per heavy atom. The Bertz CT molecular complexity index is 531. The summed E-state index contributed by atoms with van der Waals surface area (Å²) in [6.45, 7) is 4.59. The number of aryl methyl sites for hydroxylation is 1. The van der Waals surface area contributed by atoms with Crippen molar-refractivity contribution in [2.45, 2.75) is 39.5 Å². The number of rotatable bonds is 4. The van der Waals surface area contributed by atoms with Crippen molar-refractivity contribution in [3.05, 3.63) is 28.5 Å². The summed E-state index contributed by atoms with van der Waals surface area (Å²) in [5.41, 5.74) is 1.25. The summed E-state index contributed by atoms with van der Waals surface area (Å²) in [4.78, 5) is 29.9. The van der Waals surface area contributed by atoms with Gasteiger partial charge in [-0.25, -0.2) is 4.98 Å². The number of hydrogen-bond acceptors (Lipinski definition) is 3. The van der Waals surface area contributed by atoms with Crippen LogP contribution in [0.2, 0.25) is 5.15 Å². The molecule has 0 aliphatic carbocycles. The van der Waals surface area contributed by atoms with Gasteiger partial charge in [0.1, 0.15) is 5.15 Å². The summed E-state index contributed by atoms with van der Waals surface area (Å²) >= 11 is 5.96. The minimum Gasteiger partial charge on any atom is -0.278 e. The molecule has 1 atom stereocenters. The second kappa shape index (κ2) is 6.35. The first kappa shape index (κ1) is 15.0. The van der Waals surface area contributed by atoms with Crippen LogP contribution in [-0.2, 0) is 11.2 Å². The SMILES string of the molecule is CCCc1cc(C(=O)N2CC(CC)CC2=O)cc(Cl)n1. The minimum absolute atomic E-state index is 0.0909. The van der Waals surface area contributed by atoms with E-state index in [4.69, 9.17) is 11.6 Å². The molecular formula is C15H19ClN2O2. The fourth-order valence-corrected chi connectivity index (χ4v) is 2.69. The molecule has 0 spiro atoms. The highest BCUT2D eigenvalue weighted by Crippen LogP contribution is 2.23. The molecule has 5 heteroatoms. The Morgan fingerprint density at radius 2 is 2.20 bits per heavy atom. The van der Waals surface area contributed by atoms with Crippen LogP contribution in [0.4, 0.5) is 0 Å². The molecule has 2 heterocycles. The van der Waals surface area contributed by atoms with E-state index in [1.54, 1.807) is 6.07 Å². The Kier molecular flexibility index (Phi) is 4.76. The molecule has 108 valence electrons. The first-order valence-corrected chi connectivity index (χ1v) is 7.44. The molecular weight excluding hydrogens is 276 g/mol. The molecule has 20 heavy (non-hydrogen) atoms. The topological polar surface area (TPSA) is 50.3 Å². The van der Waals surface area contributed by atoms with E-state index in [0.29, 0.717) is 23.7 Å². The van der Waals surface area contributed by atoms with Crippen molar-refractivity contribution in [3.8, 4) is 0 Å². The van der Waals surface area contributed by atoms with Crippen LogP contribution in [-0.4, -0.2) is 28.2 Å². The average Bonchev–Trinajstić information content (AvgIpc) is 2.79. The number of pyridine rings is 1. The van der Waals surface area contributed by atoms with Crippen LogP contribution in [0.3, 0.4) is 0 Å². The lowest BCUT2D eigenvalue weighted by Crippen LogP contribution is -2.32. The maximum absolute atomic E-state index is 12.4. The Hall–Kier alpha value is -1.42. The van der Waals surface area contributed by atoms with Crippen LogP contribution in [0.15, 0.2) is 12.1 Å². The summed E-state index contributed by atoms with van der Waals surface area (Å²) in [5, 5.41) is 0.304. The number of nitrogens with zero attached hydrogens (tertiary/aromatic N) is 2. The smallest absolute Gasteiger partial charge is 0.260 e. The zero-order chi connectivity index (χ0) is 14.7. The highest BCUT2D eigenvalue weighted by molar-refractivity contribution is 6.29. The lowest BCUT2D eigenvalue weighted by molar-refractivity contribution is -0.125. The fourth-order valence-electron chi connectivity index (χ4n) is 2.47. The van der Waals surface area contributed by atoms with Crippen molar-refractivity contribution in [2.24, 2.45) is 5.92 Å². The van der Waals surface area contributed by atoms with Gasteiger partial charge in [0.25, 0.3) is 5.91 Å². The number of aromatic nitrogens is 1. The Labute approximate surface area is 124 Å². The van der Waals surface area contributed by atoms with Gasteiger partial charge >= 0.3 is 0 Å². The van der Waals surface area contributed by atoms with Gasteiger partial charge in [-0.1, -0.05) is 38.3 Å². The summed E-state index contributed by atoms with van der Waals surface area (Å²) in [6.07, 6.45) is 3.07. The summed E-state index contributed by atoms with van der Waals surface area (Å²) in [7, 11) is 0. The van der Waals surface area contributed by atoms with Gasteiger partial charge in [0, 0.05) is 24.2 Å². The van der Waals surface area contributed by atoms with Gasteiger partial charge in [0.15, 0.2) is 0 Å². The lowest BCUT2D eigenvalue weighted by Gasteiger charge is -2.15. The van der Waals surface area contributed by atoms with Crippen molar-refractivity contribution >= 4 is 23.4 Å². The van der Waals surface area contributed by atoms with E-state index in [2.05, 4.69) is 4.98 Å². The molecule has 2 rings (SSSR count). The van der Waals surface area contributed by atoms with Crippen LogP contribution in [0.5, 0.6) is 0 Å². The molecule has 1 aromatic rings. The summed E-state index contributed by atoms with van der Waals surface area (Å²) in [5.74, 6) is -0.0710. The number of halogens is 1. The molecule has 0 radical (unpaired) electrons. The fraction of sp³-hybridized carbons (Fsp3) is 0.533. The highest BCUT2D eigenvalue weighted by Gasteiger charge is 2.33. The highest BCUT2D eigenvalue weighted by atomic mass is 35.5. The lowest BCUT2D eigenvalue weighted by atomic mass is 10.1.